The molecule has 0 spiro atoms. The van der Waals surface area contributed by atoms with E-state index in [0.717, 1.165) is 57.8 Å². The highest BCUT2D eigenvalue weighted by Gasteiger charge is 2.65. The number of aliphatic hydroxyl groups is 11. The van der Waals surface area contributed by atoms with Crippen molar-refractivity contribution in [3.63, 3.8) is 0 Å². The van der Waals surface area contributed by atoms with Gasteiger partial charge in [-0.2, -0.15) is 0 Å². The van der Waals surface area contributed by atoms with E-state index in [1.807, 2.05) is 0 Å². The normalized spacial score (nSPS) is 52.8. The number of hydrogen-bond donors (Lipinski definition) is 11. The largest absolute Gasteiger partial charge is 0.394 e. The lowest BCUT2D eigenvalue weighted by atomic mass is 9.45. The van der Waals surface area contributed by atoms with Crippen LogP contribution in [-0.2, 0) is 33.2 Å². The Morgan fingerprint density at radius 3 is 1.89 bits per heavy atom. The lowest BCUT2D eigenvalue weighted by Gasteiger charge is -2.60. The first-order chi connectivity index (χ1) is 29.9. The predicted molar refractivity (Wildman–Crippen MR) is 218 cm³/mol. The van der Waals surface area contributed by atoms with E-state index in [4.69, 9.17) is 33.2 Å². The molecule has 18 nitrogen and oxygen atoms in total. The van der Waals surface area contributed by atoms with E-state index in [0.29, 0.717) is 36.7 Å². The van der Waals surface area contributed by atoms with Gasteiger partial charge in [0.2, 0.25) is 0 Å². The van der Waals surface area contributed by atoms with Crippen molar-refractivity contribution in [2.24, 2.45) is 40.4 Å². The molecule has 8 rings (SSSR count). The average Bonchev–Trinajstić information content (AvgIpc) is 3.76. The minimum atomic E-state index is -1.74. The highest BCUT2D eigenvalue weighted by Crippen LogP contribution is 2.67. The van der Waals surface area contributed by atoms with Crippen LogP contribution in [-0.4, -0.2) is 193 Å². The number of aliphatic hydroxyl groups excluding tert-OH is 11. The van der Waals surface area contributed by atoms with Gasteiger partial charge in [0.1, 0.15) is 73.2 Å². The summed E-state index contributed by atoms with van der Waals surface area (Å²) >= 11 is 0. The van der Waals surface area contributed by atoms with Crippen molar-refractivity contribution in [3.05, 3.63) is 11.1 Å². The third kappa shape index (κ3) is 8.73. The molecule has 0 aromatic heterocycles. The van der Waals surface area contributed by atoms with Gasteiger partial charge in [0, 0.05) is 11.3 Å². The Balaban J connectivity index is 0.872. The minimum absolute atomic E-state index is 0.0297. The maximum atomic E-state index is 11.2. The van der Waals surface area contributed by atoms with Gasteiger partial charge < -0.3 is 89.3 Å². The fraction of sp³-hybridized carbons (Fsp3) is 0.956. The van der Waals surface area contributed by atoms with Crippen molar-refractivity contribution in [1.29, 1.82) is 0 Å². The number of fused-ring (bicyclic) bond motifs is 7. The number of rotatable bonds is 13. The van der Waals surface area contributed by atoms with Gasteiger partial charge in [-0.3, -0.25) is 0 Å². The van der Waals surface area contributed by atoms with E-state index in [1.165, 1.54) is 11.1 Å². The second-order valence-electron chi connectivity index (χ2n) is 20.9. The van der Waals surface area contributed by atoms with Gasteiger partial charge in [-0.05, 0) is 100 Å². The van der Waals surface area contributed by atoms with Gasteiger partial charge in [0.25, 0.3) is 0 Å². The van der Waals surface area contributed by atoms with Crippen molar-refractivity contribution in [3.8, 4) is 0 Å². The average molecular weight is 903 g/mol. The summed E-state index contributed by atoms with van der Waals surface area (Å²) in [6.07, 6.45) is -12.1. The smallest absolute Gasteiger partial charge is 0.187 e. The number of hydrogen-bond acceptors (Lipinski definition) is 18. The molecule has 8 aliphatic rings. The second-order valence-corrected chi connectivity index (χ2v) is 20.9. The molecular weight excluding hydrogens is 828 g/mol. The van der Waals surface area contributed by atoms with Crippen LogP contribution in [0.2, 0.25) is 0 Å². The van der Waals surface area contributed by atoms with Crippen LogP contribution < -0.4 is 0 Å². The fourth-order valence-corrected chi connectivity index (χ4v) is 13.5. The molecule has 7 fully saturated rings. The van der Waals surface area contributed by atoms with E-state index in [1.54, 1.807) is 0 Å². The molecule has 10 unspecified atom stereocenters. The van der Waals surface area contributed by atoms with Gasteiger partial charge in [-0.25, -0.2) is 0 Å². The standard InChI is InChI=1S/C45H74O18/c1-19(18-57-41-37(55)34(52)31(49)27(15-46)60-41)5-6-21-13-26-30(20(21)2)45(4)12-10-25-24(40(45)59-26)8-7-22-14-23(9-11-44(22,25)3)58-43-39(36(54)33(51)29(17-48)62-43)63-42-38(56)35(53)32(50)28(16-47)61-42/h19,22-43,46-56H,5-18H2,1-4H3/t19?,22?,23?,24?,25?,26?,27-,28-,29-,30?,31-,32-,33-,34-,35-,36-,37-,38-,39-,40?,41-,42+,43-,44?,45?/m1/s1. The van der Waals surface area contributed by atoms with Gasteiger partial charge in [-0.15, -0.1) is 0 Å². The molecule has 11 N–H and O–H groups in total. The van der Waals surface area contributed by atoms with Crippen molar-refractivity contribution >= 4 is 0 Å². The summed E-state index contributed by atoms with van der Waals surface area (Å²) in [5.41, 5.74) is 2.97. The topological polar surface area (TPSA) is 287 Å². The van der Waals surface area contributed by atoms with Crippen molar-refractivity contribution < 1.29 is 89.3 Å². The van der Waals surface area contributed by atoms with Crippen LogP contribution in [0.5, 0.6) is 0 Å². The summed E-state index contributed by atoms with van der Waals surface area (Å²) in [7, 11) is 0. The van der Waals surface area contributed by atoms with Crippen LogP contribution in [0.25, 0.3) is 0 Å². The van der Waals surface area contributed by atoms with Crippen LogP contribution in [0.1, 0.15) is 91.9 Å². The van der Waals surface area contributed by atoms with Crippen LogP contribution in [0, 0.1) is 40.4 Å². The Bertz CT molecular complexity index is 1580. The molecule has 4 saturated heterocycles. The van der Waals surface area contributed by atoms with E-state index in [2.05, 4.69) is 27.7 Å². The van der Waals surface area contributed by atoms with Crippen LogP contribution in [0.15, 0.2) is 11.1 Å². The van der Waals surface area contributed by atoms with Crippen LogP contribution in [0.4, 0.5) is 0 Å². The van der Waals surface area contributed by atoms with E-state index < -0.39 is 112 Å². The molecule has 0 radical (unpaired) electrons. The zero-order chi connectivity index (χ0) is 45.3. The van der Waals surface area contributed by atoms with Gasteiger partial charge in [0.15, 0.2) is 18.9 Å². The summed E-state index contributed by atoms with van der Waals surface area (Å²) in [5, 5.41) is 113. The van der Waals surface area contributed by atoms with E-state index in [9.17, 15) is 56.2 Å². The summed E-state index contributed by atoms with van der Waals surface area (Å²) in [6, 6.07) is 0. The van der Waals surface area contributed by atoms with E-state index >= 15 is 0 Å². The minimum Gasteiger partial charge on any atom is -0.394 e. The van der Waals surface area contributed by atoms with Crippen LogP contribution in [0.3, 0.4) is 0 Å². The molecule has 4 heterocycles. The molecule has 0 bridgehead atoms. The SMILES string of the molecule is CC1=C(CCC(C)CO[C@@H]2O[C@H](CO)[C@@H](O)[C@@H](O)[C@H]2O)CC2OC3C4CCC5CC(O[C@@H]6O[C@H](CO)[C@@H](O)[C@@H](O)[C@H]6O[C@@H]6O[C@H](CO)[C@@H](O)[C@@H](O)[C@H]6O)CCC5(C)C4CCC3(C)C12. The third-order valence-corrected chi connectivity index (χ3v) is 17.2. The molecule has 4 aliphatic heterocycles. The molecule has 0 amide bonds. The molecular formula is C45H74O18. The van der Waals surface area contributed by atoms with Gasteiger partial charge in [-0.1, -0.05) is 31.9 Å². The Hall–Kier alpha value is -0.980. The molecule has 362 valence electrons. The monoisotopic (exact) mass is 902 g/mol. The predicted octanol–water partition coefficient (Wildman–Crippen LogP) is -1.03. The Labute approximate surface area is 369 Å². The molecule has 4 aliphatic carbocycles. The summed E-state index contributed by atoms with van der Waals surface area (Å²) in [6.45, 7) is 7.77. The van der Waals surface area contributed by atoms with Gasteiger partial charge in [0.05, 0.1) is 44.7 Å². The molecule has 18 heteroatoms. The summed E-state index contributed by atoms with van der Waals surface area (Å²) in [4.78, 5) is 0. The van der Waals surface area contributed by atoms with Gasteiger partial charge >= 0.3 is 0 Å². The first kappa shape index (κ1) is 48.5. The summed E-state index contributed by atoms with van der Waals surface area (Å²) in [5.74, 6) is 1.75. The first-order valence-corrected chi connectivity index (χ1v) is 23.5. The highest BCUT2D eigenvalue weighted by atomic mass is 16.8. The maximum absolute atomic E-state index is 11.2. The Kier molecular flexibility index (Phi) is 14.8. The molecule has 3 saturated carbocycles. The van der Waals surface area contributed by atoms with Crippen molar-refractivity contribution in [1.82, 2.24) is 0 Å². The van der Waals surface area contributed by atoms with Crippen molar-refractivity contribution in [2.75, 3.05) is 26.4 Å². The first-order valence-electron chi connectivity index (χ1n) is 23.5. The third-order valence-electron chi connectivity index (χ3n) is 17.2. The molecule has 63 heavy (non-hydrogen) atoms. The maximum Gasteiger partial charge on any atom is 0.187 e. The number of ether oxygens (including phenoxy) is 7. The molecule has 0 aromatic carbocycles. The molecule has 25 atom stereocenters. The zero-order valence-electron chi connectivity index (χ0n) is 37.0. The highest BCUT2D eigenvalue weighted by molar-refractivity contribution is 5.31. The second kappa shape index (κ2) is 19.2. The lowest BCUT2D eigenvalue weighted by molar-refractivity contribution is -0.373. The quantitative estimate of drug-likeness (QED) is 0.0778. The lowest BCUT2D eigenvalue weighted by Crippen LogP contribution is -2.65. The van der Waals surface area contributed by atoms with Crippen molar-refractivity contribution in [2.45, 2.75) is 202 Å². The van der Waals surface area contributed by atoms with E-state index in [-0.39, 0.29) is 35.1 Å². The molecule has 0 aromatic rings. The Morgan fingerprint density at radius 2 is 1.24 bits per heavy atom. The van der Waals surface area contributed by atoms with Crippen LogP contribution >= 0.6 is 0 Å². The Morgan fingerprint density at radius 1 is 0.651 bits per heavy atom. The fourth-order valence-electron chi connectivity index (χ4n) is 13.5. The zero-order valence-corrected chi connectivity index (χ0v) is 37.0. The summed E-state index contributed by atoms with van der Waals surface area (Å²) < 4.78 is 42.5.